The number of hydrogen-bond donors (Lipinski definition) is 0. The summed E-state index contributed by atoms with van der Waals surface area (Å²) in [6.07, 6.45) is -4.78. The maximum atomic E-state index is 12.6. The summed E-state index contributed by atoms with van der Waals surface area (Å²) in [5, 5.41) is -1.03. The Morgan fingerprint density at radius 2 is 2.07 bits per heavy atom. The molecule has 3 atom stereocenters. The van der Waals surface area contributed by atoms with E-state index in [9.17, 15) is 22.2 Å². The molecule has 0 heterocycles. The van der Waals surface area contributed by atoms with Crippen LogP contribution in [0.3, 0.4) is 0 Å². The number of carbonyl (C=O) groups is 1. The minimum atomic E-state index is -4.34. The number of carbonyl (C=O) groups excluding carboxylic acids is 1. The van der Waals surface area contributed by atoms with E-state index in [-0.39, 0.29) is 30.8 Å². The Hall–Kier alpha value is -0.390. The van der Waals surface area contributed by atoms with Gasteiger partial charge in [0.1, 0.15) is 5.78 Å². The van der Waals surface area contributed by atoms with Crippen molar-refractivity contribution in [3.8, 4) is 0 Å². The maximum Gasteiger partial charge on any atom is 0.392 e. The van der Waals surface area contributed by atoms with Gasteiger partial charge in [-0.1, -0.05) is 6.92 Å². The molecule has 1 rings (SSSR count). The third-order valence-electron chi connectivity index (χ3n) is 2.65. The summed E-state index contributed by atoms with van der Waals surface area (Å²) in [5.41, 5.74) is 0. The van der Waals surface area contributed by atoms with E-state index in [1.807, 2.05) is 0 Å². The molecule has 88 valence electrons. The SMILES string of the molecule is CCS(=O)C1CC(=O)CCC1C(F)(F)F. The average Bonchev–Trinajstić information content (AvgIpc) is 2.14. The van der Waals surface area contributed by atoms with E-state index in [1.165, 1.54) is 0 Å². The van der Waals surface area contributed by atoms with E-state index < -0.39 is 28.1 Å². The molecule has 1 aliphatic carbocycles. The molecule has 0 amide bonds. The molecule has 0 bridgehead atoms. The molecule has 0 aliphatic heterocycles. The summed E-state index contributed by atoms with van der Waals surface area (Å²) < 4.78 is 49.1. The van der Waals surface area contributed by atoms with Crippen LogP contribution in [-0.2, 0) is 15.6 Å². The van der Waals surface area contributed by atoms with Crippen LogP contribution >= 0.6 is 0 Å². The number of halogens is 3. The standard InChI is InChI=1S/C9H13F3O2S/c1-2-15(14)8-5-6(13)3-4-7(8)9(10,11)12/h7-8H,2-5H2,1H3. The summed E-state index contributed by atoms with van der Waals surface area (Å²) in [6.45, 7) is 1.57. The largest absolute Gasteiger partial charge is 0.392 e. The highest BCUT2D eigenvalue weighted by Crippen LogP contribution is 2.38. The molecule has 3 unspecified atom stereocenters. The molecular formula is C9H13F3O2S. The topological polar surface area (TPSA) is 34.1 Å². The first-order valence-electron chi connectivity index (χ1n) is 4.81. The van der Waals surface area contributed by atoms with Crippen LogP contribution in [-0.4, -0.2) is 27.2 Å². The van der Waals surface area contributed by atoms with Crippen molar-refractivity contribution in [1.82, 2.24) is 0 Å². The van der Waals surface area contributed by atoms with Crippen molar-refractivity contribution in [3.63, 3.8) is 0 Å². The molecule has 0 aromatic rings. The molecule has 6 heteroatoms. The van der Waals surface area contributed by atoms with Crippen LogP contribution in [0.5, 0.6) is 0 Å². The summed E-state index contributed by atoms with van der Waals surface area (Å²) in [6, 6.07) is 0. The average molecular weight is 242 g/mol. The third kappa shape index (κ3) is 3.03. The smallest absolute Gasteiger partial charge is 0.300 e. The van der Waals surface area contributed by atoms with Crippen LogP contribution in [0.1, 0.15) is 26.2 Å². The monoisotopic (exact) mass is 242 g/mol. The molecule has 15 heavy (non-hydrogen) atoms. The minimum absolute atomic E-state index is 0.0401. The highest BCUT2D eigenvalue weighted by molar-refractivity contribution is 7.85. The van der Waals surface area contributed by atoms with Gasteiger partial charge >= 0.3 is 6.18 Å². The zero-order valence-electron chi connectivity index (χ0n) is 8.34. The van der Waals surface area contributed by atoms with E-state index in [4.69, 9.17) is 0 Å². The maximum absolute atomic E-state index is 12.6. The second-order valence-corrected chi connectivity index (χ2v) is 5.58. The molecule has 0 N–H and O–H groups in total. The van der Waals surface area contributed by atoms with Crippen molar-refractivity contribution >= 4 is 16.6 Å². The van der Waals surface area contributed by atoms with Crippen LogP contribution in [0.15, 0.2) is 0 Å². The first-order chi connectivity index (χ1) is 6.86. The van der Waals surface area contributed by atoms with Crippen molar-refractivity contribution in [2.24, 2.45) is 5.92 Å². The van der Waals surface area contributed by atoms with Gasteiger partial charge in [-0.2, -0.15) is 13.2 Å². The van der Waals surface area contributed by atoms with Crippen molar-refractivity contribution in [1.29, 1.82) is 0 Å². The van der Waals surface area contributed by atoms with Crippen molar-refractivity contribution < 1.29 is 22.2 Å². The van der Waals surface area contributed by atoms with Crippen LogP contribution in [0.2, 0.25) is 0 Å². The molecule has 0 spiro atoms. The molecule has 0 radical (unpaired) electrons. The van der Waals surface area contributed by atoms with Gasteiger partial charge < -0.3 is 0 Å². The Kier molecular flexibility index (Phi) is 3.92. The second kappa shape index (κ2) is 4.63. The molecule has 2 nitrogen and oxygen atoms in total. The van der Waals surface area contributed by atoms with Gasteiger partial charge in [0.05, 0.1) is 11.2 Å². The minimum Gasteiger partial charge on any atom is -0.300 e. The van der Waals surface area contributed by atoms with E-state index in [1.54, 1.807) is 6.92 Å². The van der Waals surface area contributed by atoms with Gasteiger partial charge in [0.2, 0.25) is 0 Å². The Labute approximate surface area is 88.7 Å². The normalized spacial score (nSPS) is 30.3. The van der Waals surface area contributed by atoms with Gasteiger partial charge in [0.15, 0.2) is 0 Å². The van der Waals surface area contributed by atoms with Gasteiger partial charge in [-0.3, -0.25) is 9.00 Å². The molecule has 0 saturated heterocycles. The predicted octanol–water partition coefficient (Wildman–Crippen LogP) is 2.06. The number of ketones is 1. The van der Waals surface area contributed by atoms with Crippen LogP contribution in [0.25, 0.3) is 0 Å². The van der Waals surface area contributed by atoms with Crippen LogP contribution in [0.4, 0.5) is 13.2 Å². The lowest BCUT2D eigenvalue weighted by atomic mass is 9.87. The summed E-state index contributed by atoms with van der Waals surface area (Å²) in [5.74, 6) is -1.61. The molecule has 1 fully saturated rings. The number of rotatable bonds is 2. The van der Waals surface area contributed by atoms with Gasteiger partial charge in [-0.15, -0.1) is 0 Å². The Balaban J connectivity index is 2.84. The number of hydrogen-bond acceptors (Lipinski definition) is 2. The van der Waals surface area contributed by atoms with E-state index in [2.05, 4.69) is 0 Å². The molecular weight excluding hydrogens is 229 g/mol. The van der Waals surface area contributed by atoms with Crippen LogP contribution < -0.4 is 0 Å². The first kappa shape index (κ1) is 12.7. The number of alkyl halides is 3. The highest BCUT2D eigenvalue weighted by atomic mass is 32.2. The van der Waals surface area contributed by atoms with Crippen molar-refractivity contribution in [3.05, 3.63) is 0 Å². The van der Waals surface area contributed by atoms with Crippen molar-refractivity contribution in [2.45, 2.75) is 37.6 Å². The van der Waals surface area contributed by atoms with Gasteiger partial charge in [-0.25, -0.2) is 0 Å². The summed E-state index contributed by atoms with van der Waals surface area (Å²) in [4.78, 5) is 11.1. The van der Waals surface area contributed by atoms with Crippen molar-refractivity contribution in [2.75, 3.05) is 5.75 Å². The van der Waals surface area contributed by atoms with E-state index in [0.717, 1.165) is 0 Å². The van der Waals surface area contributed by atoms with Gasteiger partial charge in [-0.05, 0) is 6.42 Å². The predicted molar refractivity (Wildman–Crippen MR) is 50.9 cm³/mol. The second-order valence-electron chi connectivity index (χ2n) is 3.64. The van der Waals surface area contributed by atoms with Gasteiger partial charge in [0.25, 0.3) is 0 Å². The molecule has 0 aromatic heterocycles. The van der Waals surface area contributed by atoms with E-state index >= 15 is 0 Å². The lowest BCUT2D eigenvalue weighted by Crippen LogP contribution is -2.42. The summed E-state index contributed by atoms with van der Waals surface area (Å²) >= 11 is 0. The third-order valence-corrected chi connectivity index (χ3v) is 4.39. The Bertz CT molecular complexity index is 275. The molecule has 0 aromatic carbocycles. The van der Waals surface area contributed by atoms with Gasteiger partial charge in [0, 0.05) is 29.4 Å². The fraction of sp³-hybridized carbons (Fsp3) is 0.889. The zero-order valence-corrected chi connectivity index (χ0v) is 9.16. The Morgan fingerprint density at radius 3 is 2.53 bits per heavy atom. The van der Waals surface area contributed by atoms with Crippen LogP contribution in [0, 0.1) is 5.92 Å². The molecule has 1 aliphatic rings. The molecule has 1 saturated carbocycles. The number of Topliss-reactive ketones (excluding diaryl/α,β-unsaturated/α-hetero) is 1. The Morgan fingerprint density at radius 1 is 1.47 bits per heavy atom. The summed E-state index contributed by atoms with van der Waals surface area (Å²) in [7, 11) is -1.55. The fourth-order valence-electron chi connectivity index (χ4n) is 1.84. The first-order valence-corrected chi connectivity index (χ1v) is 6.20. The lowest BCUT2D eigenvalue weighted by Gasteiger charge is -2.31. The zero-order chi connectivity index (χ0) is 11.6. The highest BCUT2D eigenvalue weighted by Gasteiger charge is 2.48. The quantitative estimate of drug-likeness (QED) is 0.742. The fourth-order valence-corrected chi connectivity index (χ4v) is 3.29. The lowest BCUT2D eigenvalue weighted by molar-refractivity contribution is -0.180. The van der Waals surface area contributed by atoms with E-state index in [0.29, 0.717) is 0 Å².